The minimum Gasteiger partial charge on any atom is -0.271 e. The number of nitrogens with two attached hydrogens (primary N) is 1. The second-order valence-electron chi connectivity index (χ2n) is 4.31. The highest BCUT2D eigenvalue weighted by atomic mass is 79.9. The monoisotopic (exact) mass is 336 g/mol. The fourth-order valence-electron chi connectivity index (χ4n) is 2.23. The first-order valence-corrected chi connectivity index (χ1v) is 7.70. The van der Waals surface area contributed by atoms with Gasteiger partial charge in [0.05, 0.1) is 10.5 Å². The molecule has 1 aliphatic rings. The number of hydrazine groups is 1. The van der Waals surface area contributed by atoms with Crippen LogP contribution in [0.15, 0.2) is 16.6 Å². The third kappa shape index (κ3) is 2.87. The van der Waals surface area contributed by atoms with Crippen LogP contribution < -0.4 is 11.3 Å². The highest BCUT2D eigenvalue weighted by Crippen LogP contribution is 2.37. The van der Waals surface area contributed by atoms with Crippen molar-refractivity contribution in [2.24, 2.45) is 5.84 Å². The van der Waals surface area contributed by atoms with Crippen molar-refractivity contribution in [1.29, 1.82) is 0 Å². The van der Waals surface area contributed by atoms with Crippen molar-refractivity contribution >= 4 is 27.7 Å². The van der Waals surface area contributed by atoms with Crippen LogP contribution >= 0.6 is 27.7 Å². The van der Waals surface area contributed by atoms with Gasteiger partial charge in [0.25, 0.3) is 0 Å². The fraction of sp³-hybridized carbons (Fsp3) is 0.500. The quantitative estimate of drug-likeness (QED) is 0.504. The maximum absolute atomic E-state index is 14.1. The number of hydrogen-bond acceptors (Lipinski definition) is 3. The average molecular weight is 337 g/mol. The molecule has 18 heavy (non-hydrogen) atoms. The van der Waals surface area contributed by atoms with E-state index in [2.05, 4.69) is 21.4 Å². The van der Waals surface area contributed by atoms with Gasteiger partial charge in [0, 0.05) is 10.8 Å². The Kier molecular flexibility index (Phi) is 5.00. The molecule has 0 saturated carbocycles. The second-order valence-corrected chi connectivity index (χ2v) is 6.51. The van der Waals surface area contributed by atoms with Crippen molar-refractivity contribution in [3.05, 3.63) is 33.8 Å². The number of halogens is 3. The van der Waals surface area contributed by atoms with Gasteiger partial charge in [0.2, 0.25) is 0 Å². The Hall–Kier alpha value is -0.170. The summed E-state index contributed by atoms with van der Waals surface area (Å²) in [5, 5.41) is 0.113. The van der Waals surface area contributed by atoms with Gasteiger partial charge in [-0.3, -0.25) is 11.3 Å². The Morgan fingerprint density at radius 3 is 2.78 bits per heavy atom. The lowest BCUT2D eigenvalue weighted by Crippen LogP contribution is -2.37. The number of rotatable bonds is 3. The summed E-state index contributed by atoms with van der Waals surface area (Å²) in [6.45, 7) is 0. The third-order valence-corrected chi connectivity index (χ3v) is 5.23. The van der Waals surface area contributed by atoms with E-state index in [1.54, 1.807) is 11.8 Å². The molecule has 1 saturated heterocycles. The molecule has 1 aromatic rings. The molecule has 6 heteroatoms. The van der Waals surface area contributed by atoms with E-state index in [1.165, 1.54) is 12.1 Å². The summed E-state index contributed by atoms with van der Waals surface area (Å²) in [5.74, 6) is 5.41. The molecule has 100 valence electrons. The average Bonchev–Trinajstić information content (AvgIpc) is 2.40. The molecule has 2 unspecified atom stereocenters. The van der Waals surface area contributed by atoms with Crippen molar-refractivity contribution < 1.29 is 8.78 Å². The molecule has 2 atom stereocenters. The highest BCUT2D eigenvalue weighted by molar-refractivity contribution is 9.10. The Bertz CT molecular complexity index is 425. The first-order chi connectivity index (χ1) is 8.65. The molecule has 3 N–H and O–H groups in total. The van der Waals surface area contributed by atoms with Gasteiger partial charge in [0.1, 0.15) is 11.6 Å². The molecule has 1 heterocycles. The normalized spacial score (nSPS) is 21.9. The molecule has 2 nitrogen and oxygen atoms in total. The van der Waals surface area contributed by atoms with Crippen molar-refractivity contribution in [3.8, 4) is 0 Å². The van der Waals surface area contributed by atoms with Gasteiger partial charge in [-0.25, -0.2) is 8.78 Å². The van der Waals surface area contributed by atoms with Gasteiger partial charge >= 0.3 is 0 Å². The zero-order valence-electron chi connectivity index (χ0n) is 9.76. The van der Waals surface area contributed by atoms with Gasteiger partial charge in [0.15, 0.2) is 0 Å². The minimum absolute atomic E-state index is 0.0336. The lowest BCUT2D eigenvalue weighted by atomic mass is 9.99. The second kappa shape index (κ2) is 6.32. The predicted molar refractivity (Wildman–Crippen MR) is 74.2 cm³/mol. The van der Waals surface area contributed by atoms with E-state index in [0.29, 0.717) is 0 Å². The smallest absolute Gasteiger partial charge is 0.145 e. The van der Waals surface area contributed by atoms with Crippen molar-refractivity contribution in [2.45, 2.75) is 30.6 Å². The van der Waals surface area contributed by atoms with Crippen LogP contribution in [0.3, 0.4) is 0 Å². The van der Waals surface area contributed by atoms with Crippen LogP contribution in [-0.2, 0) is 0 Å². The van der Waals surface area contributed by atoms with E-state index in [1.807, 2.05) is 0 Å². The van der Waals surface area contributed by atoms with E-state index >= 15 is 0 Å². The summed E-state index contributed by atoms with van der Waals surface area (Å²) in [6.07, 6.45) is 3.15. The van der Waals surface area contributed by atoms with E-state index in [-0.39, 0.29) is 15.3 Å². The van der Waals surface area contributed by atoms with Crippen LogP contribution in [-0.4, -0.2) is 11.0 Å². The SMILES string of the molecule is NNC(c1c(F)ccc(Br)c1F)C1CCCCS1. The van der Waals surface area contributed by atoms with Crippen LogP contribution in [0.25, 0.3) is 0 Å². The molecule has 2 rings (SSSR count). The standard InChI is InChI=1S/C12H15BrF2N2S/c13-7-4-5-8(14)10(11(7)15)12(17-16)9-3-1-2-6-18-9/h4-5,9,12,17H,1-3,6,16H2. The zero-order chi connectivity index (χ0) is 13.1. The number of nitrogens with one attached hydrogen (secondary N) is 1. The van der Waals surface area contributed by atoms with Crippen LogP contribution in [0.1, 0.15) is 30.9 Å². The Morgan fingerprint density at radius 2 is 2.17 bits per heavy atom. The maximum atomic E-state index is 14.1. The Balaban J connectivity index is 2.34. The number of benzene rings is 1. The van der Waals surface area contributed by atoms with Gasteiger partial charge in [-0.05, 0) is 46.7 Å². The minimum atomic E-state index is -0.566. The van der Waals surface area contributed by atoms with Gasteiger partial charge in [-0.2, -0.15) is 11.8 Å². The molecular weight excluding hydrogens is 322 g/mol. The summed E-state index contributed by atoms with van der Waals surface area (Å²) in [6, 6.07) is 2.14. The van der Waals surface area contributed by atoms with Gasteiger partial charge in [-0.15, -0.1) is 0 Å². The number of hydrogen-bond donors (Lipinski definition) is 2. The first-order valence-electron chi connectivity index (χ1n) is 5.86. The van der Waals surface area contributed by atoms with Crippen LogP contribution in [0, 0.1) is 11.6 Å². The van der Waals surface area contributed by atoms with Crippen molar-refractivity contribution in [3.63, 3.8) is 0 Å². The van der Waals surface area contributed by atoms with E-state index in [4.69, 9.17) is 5.84 Å². The largest absolute Gasteiger partial charge is 0.271 e. The summed E-state index contributed by atoms with van der Waals surface area (Å²) >= 11 is 4.81. The first kappa shape index (κ1) is 14.2. The summed E-state index contributed by atoms with van der Waals surface area (Å²) in [4.78, 5) is 0. The molecule has 0 bridgehead atoms. The lowest BCUT2D eigenvalue weighted by Gasteiger charge is -2.30. The lowest BCUT2D eigenvalue weighted by molar-refractivity contribution is 0.442. The summed E-state index contributed by atoms with van der Waals surface area (Å²) in [5.41, 5.74) is 2.61. The molecule has 0 aromatic heterocycles. The van der Waals surface area contributed by atoms with E-state index in [9.17, 15) is 8.78 Å². The molecule has 0 spiro atoms. The molecule has 0 radical (unpaired) electrons. The molecule has 1 aromatic carbocycles. The molecule has 1 aliphatic heterocycles. The summed E-state index contributed by atoms with van der Waals surface area (Å²) in [7, 11) is 0. The van der Waals surface area contributed by atoms with Crippen LogP contribution in [0.5, 0.6) is 0 Å². The number of thioether (sulfide) groups is 1. The zero-order valence-corrected chi connectivity index (χ0v) is 12.2. The van der Waals surface area contributed by atoms with Gasteiger partial charge < -0.3 is 0 Å². The molecule has 0 aliphatic carbocycles. The van der Waals surface area contributed by atoms with E-state index < -0.39 is 17.7 Å². The highest BCUT2D eigenvalue weighted by Gasteiger charge is 2.30. The Morgan fingerprint density at radius 1 is 1.39 bits per heavy atom. The summed E-state index contributed by atoms with van der Waals surface area (Å²) < 4.78 is 28.2. The van der Waals surface area contributed by atoms with Gasteiger partial charge in [-0.1, -0.05) is 6.42 Å². The van der Waals surface area contributed by atoms with Crippen molar-refractivity contribution in [2.75, 3.05) is 5.75 Å². The Labute approximate surface area is 118 Å². The molecule has 1 fully saturated rings. The van der Waals surface area contributed by atoms with Crippen LogP contribution in [0.4, 0.5) is 8.78 Å². The molecular formula is C12H15BrF2N2S. The van der Waals surface area contributed by atoms with Crippen molar-refractivity contribution in [1.82, 2.24) is 5.43 Å². The van der Waals surface area contributed by atoms with E-state index in [0.717, 1.165) is 25.0 Å². The topological polar surface area (TPSA) is 38.0 Å². The molecule has 0 amide bonds. The predicted octanol–water partition coefficient (Wildman–Crippen LogP) is 3.52. The fourth-order valence-corrected chi connectivity index (χ4v) is 3.99. The maximum Gasteiger partial charge on any atom is 0.145 e. The van der Waals surface area contributed by atoms with Crippen LogP contribution in [0.2, 0.25) is 0 Å². The third-order valence-electron chi connectivity index (χ3n) is 3.16.